The van der Waals surface area contributed by atoms with Crippen molar-refractivity contribution in [1.82, 2.24) is 15.3 Å². The molecular formula is C21H17BrN4O2. The molecule has 2 amide bonds. The standard InChI is InChI=1S/C21H17BrN4O2/c22-15-3-1-2-13(10-15)17-7-8-23-12-19(17)26-20(27)14-6-9-24-18(11-14)21(28)25-16-4-5-16/h1-3,6-12,16H,4-5H2,(H,25,28)(H,26,27). The minimum atomic E-state index is -0.327. The van der Waals surface area contributed by atoms with Gasteiger partial charge in [0, 0.05) is 34.0 Å². The molecule has 28 heavy (non-hydrogen) atoms. The Morgan fingerprint density at radius 3 is 2.68 bits per heavy atom. The summed E-state index contributed by atoms with van der Waals surface area (Å²) in [6.07, 6.45) is 6.74. The van der Waals surface area contributed by atoms with Gasteiger partial charge in [-0.1, -0.05) is 28.1 Å². The number of aromatic nitrogens is 2. The second-order valence-corrected chi connectivity index (χ2v) is 7.48. The molecule has 0 saturated heterocycles. The zero-order valence-electron chi connectivity index (χ0n) is 14.9. The molecule has 2 N–H and O–H groups in total. The lowest BCUT2D eigenvalue weighted by atomic mass is 10.1. The summed E-state index contributed by atoms with van der Waals surface area (Å²) in [4.78, 5) is 33.1. The molecular weight excluding hydrogens is 420 g/mol. The molecule has 1 fully saturated rings. The van der Waals surface area contributed by atoms with E-state index in [1.807, 2.05) is 30.3 Å². The maximum absolute atomic E-state index is 12.8. The third-order valence-corrected chi connectivity index (χ3v) is 4.87. The Kier molecular flexibility index (Phi) is 5.16. The third kappa shape index (κ3) is 4.26. The number of rotatable bonds is 5. The Hall–Kier alpha value is -3.06. The van der Waals surface area contributed by atoms with Crippen molar-refractivity contribution in [3.8, 4) is 11.1 Å². The van der Waals surface area contributed by atoms with Crippen LogP contribution in [0.2, 0.25) is 0 Å². The predicted octanol–water partition coefficient (Wildman–Crippen LogP) is 4.05. The molecule has 0 radical (unpaired) electrons. The fourth-order valence-electron chi connectivity index (χ4n) is 2.78. The fourth-order valence-corrected chi connectivity index (χ4v) is 3.18. The molecule has 1 aliphatic rings. The van der Waals surface area contributed by atoms with Crippen LogP contribution >= 0.6 is 15.9 Å². The molecule has 2 heterocycles. The highest BCUT2D eigenvalue weighted by Gasteiger charge is 2.24. The Labute approximate surface area is 170 Å². The van der Waals surface area contributed by atoms with Gasteiger partial charge in [0.25, 0.3) is 11.8 Å². The van der Waals surface area contributed by atoms with Crippen LogP contribution < -0.4 is 10.6 Å². The lowest BCUT2D eigenvalue weighted by Crippen LogP contribution is -2.26. The van der Waals surface area contributed by atoms with E-state index in [1.54, 1.807) is 18.5 Å². The average molecular weight is 437 g/mol. The van der Waals surface area contributed by atoms with E-state index in [4.69, 9.17) is 0 Å². The molecule has 1 aliphatic carbocycles. The van der Waals surface area contributed by atoms with Crippen molar-refractivity contribution < 1.29 is 9.59 Å². The van der Waals surface area contributed by atoms with Gasteiger partial charge in [-0.3, -0.25) is 19.6 Å². The van der Waals surface area contributed by atoms with Crippen molar-refractivity contribution >= 4 is 33.4 Å². The van der Waals surface area contributed by atoms with Gasteiger partial charge in [0.15, 0.2) is 0 Å². The maximum atomic E-state index is 12.8. The van der Waals surface area contributed by atoms with Crippen LogP contribution in [0.25, 0.3) is 11.1 Å². The highest BCUT2D eigenvalue weighted by atomic mass is 79.9. The smallest absolute Gasteiger partial charge is 0.270 e. The second-order valence-electron chi connectivity index (χ2n) is 6.56. The number of halogens is 1. The molecule has 0 spiro atoms. The van der Waals surface area contributed by atoms with Crippen LogP contribution in [0, 0.1) is 0 Å². The second kappa shape index (κ2) is 7.90. The van der Waals surface area contributed by atoms with Gasteiger partial charge in [0.1, 0.15) is 5.69 Å². The fraction of sp³-hybridized carbons (Fsp3) is 0.143. The molecule has 3 aromatic rings. The first-order valence-electron chi connectivity index (χ1n) is 8.88. The number of nitrogens with one attached hydrogen (secondary N) is 2. The zero-order chi connectivity index (χ0) is 19.5. The Bertz CT molecular complexity index is 1050. The molecule has 1 saturated carbocycles. The molecule has 140 valence electrons. The van der Waals surface area contributed by atoms with Gasteiger partial charge >= 0.3 is 0 Å². The summed E-state index contributed by atoms with van der Waals surface area (Å²) >= 11 is 3.47. The lowest BCUT2D eigenvalue weighted by molar-refractivity contribution is 0.0946. The van der Waals surface area contributed by atoms with Crippen molar-refractivity contribution in [1.29, 1.82) is 0 Å². The molecule has 0 atom stereocenters. The first kappa shape index (κ1) is 18.3. The Morgan fingerprint density at radius 2 is 1.89 bits per heavy atom. The SMILES string of the molecule is O=C(Nc1cnccc1-c1cccc(Br)c1)c1ccnc(C(=O)NC2CC2)c1. The summed E-state index contributed by atoms with van der Waals surface area (Å²) in [5, 5.41) is 5.76. The summed E-state index contributed by atoms with van der Waals surface area (Å²) < 4.78 is 0.944. The largest absolute Gasteiger partial charge is 0.348 e. The van der Waals surface area contributed by atoms with Crippen molar-refractivity contribution in [3.63, 3.8) is 0 Å². The molecule has 1 aromatic carbocycles. The van der Waals surface area contributed by atoms with E-state index in [0.717, 1.165) is 28.4 Å². The van der Waals surface area contributed by atoms with Crippen molar-refractivity contribution in [2.45, 2.75) is 18.9 Å². The molecule has 0 aliphatic heterocycles. The van der Waals surface area contributed by atoms with Crippen molar-refractivity contribution in [2.75, 3.05) is 5.32 Å². The quantitative estimate of drug-likeness (QED) is 0.631. The number of benzene rings is 1. The Balaban J connectivity index is 1.57. The van der Waals surface area contributed by atoms with Crippen LogP contribution in [0.5, 0.6) is 0 Å². The van der Waals surface area contributed by atoms with Crippen LogP contribution in [0.15, 0.2) is 65.5 Å². The number of pyridine rings is 2. The van der Waals surface area contributed by atoms with E-state index < -0.39 is 0 Å². The molecule has 7 heteroatoms. The van der Waals surface area contributed by atoms with Gasteiger partial charge in [-0.15, -0.1) is 0 Å². The maximum Gasteiger partial charge on any atom is 0.270 e. The van der Waals surface area contributed by atoms with Gasteiger partial charge < -0.3 is 10.6 Å². The van der Waals surface area contributed by atoms with Gasteiger partial charge in [0.2, 0.25) is 0 Å². The molecule has 0 unspecified atom stereocenters. The summed E-state index contributed by atoms with van der Waals surface area (Å²) in [5.74, 6) is -0.583. The van der Waals surface area contributed by atoms with Crippen LogP contribution in [-0.4, -0.2) is 27.8 Å². The highest BCUT2D eigenvalue weighted by molar-refractivity contribution is 9.10. The van der Waals surface area contributed by atoms with Crippen LogP contribution in [-0.2, 0) is 0 Å². The number of carbonyl (C=O) groups is 2. The zero-order valence-corrected chi connectivity index (χ0v) is 16.4. The van der Waals surface area contributed by atoms with E-state index in [2.05, 4.69) is 36.5 Å². The van der Waals surface area contributed by atoms with Gasteiger partial charge in [-0.2, -0.15) is 0 Å². The number of nitrogens with zero attached hydrogens (tertiary/aromatic N) is 2. The number of hydrogen-bond donors (Lipinski definition) is 2. The number of amides is 2. The van der Waals surface area contributed by atoms with Crippen LogP contribution in [0.1, 0.15) is 33.7 Å². The molecule has 6 nitrogen and oxygen atoms in total. The van der Waals surface area contributed by atoms with Crippen LogP contribution in [0.3, 0.4) is 0 Å². The topological polar surface area (TPSA) is 84.0 Å². The number of carbonyl (C=O) groups excluding carboxylic acids is 2. The summed E-state index contributed by atoms with van der Waals surface area (Å²) in [5.41, 5.74) is 2.99. The van der Waals surface area contributed by atoms with E-state index >= 15 is 0 Å². The van der Waals surface area contributed by atoms with E-state index in [-0.39, 0.29) is 23.6 Å². The van der Waals surface area contributed by atoms with Crippen molar-refractivity contribution in [2.24, 2.45) is 0 Å². The minimum Gasteiger partial charge on any atom is -0.348 e. The number of anilines is 1. The van der Waals surface area contributed by atoms with E-state index in [0.29, 0.717) is 11.3 Å². The number of hydrogen-bond acceptors (Lipinski definition) is 4. The summed E-state index contributed by atoms with van der Waals surface area (Å²) in [7, 11) is 0. The average Bonchev–Trinajstić information content (AvgIpc) is 3.52. The normalized spacial score (nSPS) is 13.0. The first-order chi connectivity index (χ1) is 13.6. The molecule has 4 rings (SSSR count). The lowest BCUT2D eigenvalue weighted by Gasteiger charge is -2.11. The van der Waals surface area contributed by atoms with Crippen molar-refractivity contribution in [3.05, 3.63) is 76.8 Å². The van der Waals surface area contributed by atoms with Crippen LogP contribution in [0.4, 0.5) is 5.69 Å². The highest BCUT2D eigenvalue weighted by Crippen LogP contribution is 2.29. The summed E-state index contributed by atoms with van der Waals surface area (Å²) in [6, 6.07) is 13.0. The van der Waals surface area contributed by atoms with Gasteiger partial charge in [-0.25, -0.2) is 0 Å². The Morgan fingerprint density at radius 1 is 1.04 bits per heavy atom. The monoisotopic (exact) mass is 436 g/mol. The van der Waals surface area contributed by atoms with E-state index in [9.17, 15) is 9.59 Å². The molecule has 0 bridgehead atoms. The molecule has 2 aromatic heterocycles. The predicted molar refractivity (Wildman–Crippen MR) is 110 cm³/mol. The summed E-state index contributed by atoms with van der Waals surface area (Å²) in [6.45, 7) is 0. The first-order valence-corrected chi connectivity index (χ1v) is 9.68. The van der Waals surface area contributed by atoms with E-state index in [1.165, 1.54) is 12.3 Å². The van der Waals surface area contributed by atoms with Gasteiger partial charge in [0.05, 0.1) is 11.9 Å². The minimum absolute atomic E-state index is 0.231. The third-order valence-electron chi connectivity index (χ3n) is 4.37. The van der Waals surface area contributed by atoms with Gasteiger partial charge in [-0.05, 0) is 48.7 Å².